The Kier molecular flexibility index (Phi) is 6.36. The predicted molar refractivity (Wildman–Crippen MR) is 77.9 cm³/mol. The number of nitrogens with zero attached hydrogens (tertiary/aromatic N) is 1. The van der Waals surface area contributed by atoms with Gasteiger partial charge in [-0.1, -0.05) is 12.1 Å². The second-order valence-electron chi connectivity index (χ2n) is 4.73. The zero-order valence-electron chi connectivity index (χ0n) is 12.1. The van der Waals surface area contributed by atoms with Gasteiger partial charge in [0.05, 0.1) is 12.6 Å². The molecule has 19 heavy (non-hydrogen) atoms. The van der Waals surface area contributed by atoms with Crippen molar-refractivity contribution in [2.75, 3.05) is 26.0 Å². The van der Waals surface area contributed by atoms with Crippen LogP contribution in [-0.4, -0.2) is 37.1 Å². The quantitative estimate of drug-likeness (QED) is 0.767. The third-order valence-corrected chi connectivity index (χ3v) is 3.21. The minimum absolute atomic E-state index is 0.119. The van der Waals surface area contributed by atoms with Crippen LogP contribution in [-0.2, 0) is 16.0 Å². The van der Waals surface area contributed by atoms with Gasteiger partial charge >= 0.3 is 0 Å². The lowest BCUT2D eigenvalue weighted by Gasteiger charge is -2.27. The maximum absolute atomic E-state index is 12.2. The first-order valence-corrected chi connectivity index (χ1v) is 6.71. The third kappa shape index (κ3) is 4.91. The first-order chi connectivity index (χ1) is 9.08. The smallest absolute Gasteiger partial charge is 0.223 e. The van der Waals surface area contributed by atoms with Crippen molar-refractivity contribution in [3.8, 4) is 0 Å². The molecule has 1 aromatic carbocycles. The molecule has 1 atom stereocenters. The molecule has 0 aliphatic carbocycles. The topological polar surface area (TPSA) is 55.6 Å². The Morgan fingerprint density at radius 3 is 2.53 bits per heavy atom. The van der Waals surface area contributed by atoms with Crippen molar-refractivity contribution in [1.29, 1.82) is 0 Å². The molecule has 106 valence electrons. The first-order valence-electron chi connectivity index (χ1n) is 6.71. The molecule has 1 unspecified atom stereocenters. The number of benzene rings is 1. The minimum atomic E-state index is 0.119. The summed E-state index contributed by atoms with van der Waals surface area (Å²) in [6.07, 6.45) is 1.27. The summed E-state index contributed by atoms with van der Waals surface area (Å²) < 4.78 is 5.10. The Morgan fingerprint density at radius 2 is 2.00 bits per heavy atom. The molecule has 1 aromatic rings. The van der Waals surface area contributed by atoms with Crippen molar-refractivity contribution >= 4 is 11.6 Å². The number of amides is 1. The molecule has 0 spiro atoms. The zero-order valence-corrected chi connectivity index (χ0v) is 12.1. The molecule has 0 aromatic heterocycles. The molecule has 0 heterocycles. The highest BCUT2D eigenvalue weighted by molar-refractivity contribution is 5.76. The molecule has 0 bridgehead atoms. The lowest BCUT2D eigenvalue weighted by atomic mass is 10.1. The highest BCUT2D eigenvalue weighted by Gasteiger charge is 2.17. The molecule has 0 saturated carbocycles. The summed E-state index contributed by atoms with van der Waals surface area (Å²) in [5.41, 5.74) is 7.52. The fourth-order valence-corrected chi connectivity index (χ4v) is 2.14. The van der Waals surface area contributed by atoms with Crippen LogP contribution in [0.2, 0.25) is 0 Å². The number of nitrogen functional groups attached to an aromatic ring is 1. The van der Waals surface area contributed by atoms with Crippen molar-refractivity contribution in [1.82, 2.24) is 4.90 Å². The largest absolute Gasteiger partial charge is 0.399 e. The Hall–Kier alpha value is -1.55. The van der Waals surface area contributed by atoms with Crippen molar-refractivity contribution in [3.63, 3.8) is 0 Å². The number of anilines is 1. The van der Waals surface area contributed by atoms with Crippen LogP contribution < -0.4 is 5.73 Å². The van der Waals surface area contributed by atoms with Crippen LogP contribution in [0.3, 0.4) is 0 Å². The predicted octanol–water partition coefficient (Wildman–Crippen LogP) is 2.08. The molecule has 0 fully saturated rings. The second kappa shape index (κ2) is 7.79. The fourth-order valence-electron chi connectivity index (χ4n) is 2.14. The summed E-state index contributed by atoms with van der Waals surface area (Å²) in [4.78, 5) is 14.0. The van der Waals surface area contributed by atoms with Gasteiger partial charge in [0.25, 0.3) is 0 Å². The van der Waals surface area contributed by atoms with E-state index in [0.717, 1.165) is 17.7 Å². The van der Waals surface area contributed by atoms with Crippen LogP contribution >= 0.6 is 0 Å². The van der Waals surface area contributed by atoms with E-state index in [9.17, 15) is 4.79 Å². The van der Waals surface area contributed by atoms with E-state index in [0.29, 0.717) is 19.6 Å². The Morgan fingerprint density at radius 1 is 1.37 bits per heavy atom. The van der Waals surface area contributed by atoms with E-state index in [1.165, 1.54) is 0 Å². The van der Waals surface area contributed by atoms with Crippen molar-refractivity contribution in [3.05, 3.63) is 29.8 Å². The van der Waals surface area contributed by atoms with E-state index in [2.05, 4.69) is 0 Å². The third-order valence-electron chi connectivity index (χ3n) is 3.21. The number of likely N-dealkylation sites (N-methyl/N-ethyl adjacent to an activating group) is 1. The summed E-state index contributed by atoms with van der Waals surface area (Å²) in [6.45, 7) is 5.29. The highest BCUT2D eigenvalue weighted by atomic mass is 16.5. The Labute approximate surface area is 115 Å². The fraction of sp³-hybridized carbons (Fsp3) is 0.533. The van der Waals surface area contributed by atoms with Gasteiger partial charge in [0, 0.05) is 25.8 Å². The van der Waals surface area contributed by atoms with Gasteiger partial charge in [0.15, 0.2) is 0 Å². The summed E-state index contributed by atoms with van der Waals surface area (Å²) >= 11 is 0. The van der Waals surface area contributed by atoms with E-state index < -0.39 is 0 Å². The number of hydrogen-bond donors (Lipinski definition) is 1. The Bertz CT molecular complexity index is 390. The number of nitrogens with two attached hydrogens (primary N) is 1. The van der Waals surface area contributed by atoms with Gasteiger partial charge in [-0.05, 0) is 38.0 Å². The summed E-state index contributed by atoms with van der Waals surface area (Å²) in [7, 11) is 1.66. The van der Waals surface area contributed by atoms with E-state index >= 15 is 0 Å². The number of aryl methyl sites for hydroxylation is 1. The number of methoxy groups -OCH3 is 1. The van der Waals surface area contributed by atoms with Gasteiger partial charge in [-0.2, -0.15) is 0 Å². The summed E-state index contributed by atoms with van der Waals surface area (Å²) in [6, 6.07) is 7.79. The van der Waals surface area contributed by atoms with Crippen LogP contribution in [0.5, 0.6) is 0 Å². The normalized spacial score (nSPS) is 12.2. The minimum Gasteiger partial charge on any atom is -0.399 e. The molecule has 4 heteroatoms. The average molecular weight is 264 g/mol. The number of hydrogen-bond acceptors (Lipinski definition) is 3. The SMILES string of the molecule is CCN(C(=O)CCc1ccc(N)cc1)C(C)COC. The molecule has 4 nitrogen and oxygen atoms in total. The van der Waals surface area contributed by atoms with E-state index in [-0.39, 0.29) is 11.9 Å². The summed E-state index contributed by atoms with van der Waals surface area (Å²) in [5, 5.41) is 0. The van der Waals surface area contributed by atoms with Gasteiger partial charge in [0.2, 0.25) is 5.91 Å². The average Bonchev–Trinajstić information content (AvgIpc) is 2.39. The van der Waals surface area contributed by atoms with E-state index in [1.807, 2.05) is 43.0 Å². The van der Waals surface area contributed by atoms with Gasteiger partial charge < -0.3 is 15.4 Å². The van der Waals surface area contributed by atoms with Gasteiger partial charge in [-0.15, -0.1) is 0 Å². The molecule has 1 rings (SSSR count). The lowest BCUT2D eigenvalue weighted by Crippen LogP contribution is -2.41. The monoisotopic (exact) mass is 264 g/mol. The van der Waals surface area contributed by atoms with Gasteiger partial charge in [0.1, 0.15) is 0 Å². The number of carbonyl (C=O) groups is 1. The van der Waals surface area contributed by atoms with Crippen molar-refractivity contribution in [2.45, 2.75) is 32.7 Å². The van der Waals surface area contributed by atoms with Crippen molar-refractivity contribution in [2.24, 2.45) is 0 Å². The molecule has 0 radical (unpaired) electrons. The molecule has 2 N–H and O–H groups in total. The van der Waals surface area contributed by atoms with Gasteiger partial charge in [-0.25, -0.2) is 0 Å². The molecule has 0 aliphatic heterocycles. The number of rotatable bonds is 7. The zero-order chi connectivity index (χ0) is 14.3. The van der Waals surface area contributed by atoms with E-state index in [1.54, 1.807) is 7.11 Å². The maximum atomic E-state index is 12.2. The number of ether oxygens (including phenoxy) is 1. The van der Waals surface area contributed by atoms with Crippen molar-refractivity contribution < 1.29 is 9.53 Å². The van der Waals surface area contributed by atoms with E-state index in [4.69, 9.17) is 10.5 Å². The van der Waals surface area contributed by atoms with Gasteiger partial charge in [-0.3, -0.25) is 4.79 Å². The van der Waals surface area contributed by atoms with Crippen LogP contribution in [0.25, 0.3) is 0 Å². The maximum Gasteiger partial charge on any atom is 0.223 e. The van der Waals surface area contributed by atoms with Crippen LogP contribution in [0.4, 0.5) is 5.69 Å². The summed E-state index contributed by atoms with van der Waals surface area (Å²) in [5.74, 6) is 0.170. The van der Waals surface area contributed by atoms with Crippen LogP contribution in [0.15, 0.2) is 24.3 Å². The Balaban J connectivity index is 2.50. The number of carbonyl (C=O) groups excluding carboxylic acids is 1. The first kappa shape index (κ1) is 15.5. The molecule has 0 saturated heterocycles. The molecular weight excluding hydrogens is 240 g/mol. The standard InChI is InChI=1S/C15H24N2O2/c1-4-17(12(2)11-19-3)15(18)10-7-13-5-8-14(16)9-6-13/h5-6,8-9,12H,4,7,10-11,16H2,1-3H3. The van der Waals surface area contributed by atoms with Crippen LogP contribution in [0, 0.1) is 0 Å². The second-order valence-corrected chi connectivity index (χ2v) is 4.73. The molecule has 0 aliphatic rings. The lowest BCUT2D eigenvalue weighted by molar-refractivity contribution is -0.133. The molecule has 1 amide bonds. The molecular formula is C15H24N2O2. The van der Waals surface area contributed by atoms with Crippen LogP contribution in [0.1, 0.15) is 25.8 Å². The highest BCUT2D eigenvalue weighted by Crippen LogP contribution is 2.10.